The van der Waals surface area contributed by atoms with E-state index in [-0.39, 0.29) is 4.90 Å². The van der Waals surface area contributed by atoms with Crippen LogP contribution in [-0.2, 0) is 23.1 Å². The van der Waals surface area contributed by atoms with E-state index >= 15 is 0 Å². The Bertz CT molecular complexity index is 803. The van der Waals surface area contributed by atoms with Crippen molar-refractivity contribution in [2.24, 2.45) is 0 Å². The molecule has 0 fully saturated rings. The lowest BCUT2D eigenvalue weighted by Gasteiger charge is -2.12. The predicted octanol–water partition coefficient (Wildman–Crippen LogP) is 3.05. The molecule has 0 saturated heterocycles. The van der Waals surface area contributed by atoms with Crippen LogP contribution in [0.25, 0.3) is 0 Å². The van der Waals surface area contributed by atoms with Crippen LogP contribution in [-0.4, -0.2) is 8.42 Å². The number of hydrogen-bond donors (Lipinski definition) is 2. The zero-order chi connectivity index (χ0) is 15.0. The van der Waals surface area contributed by atoms with Gasteiger partial charge in [-0.25, -0.2) is 8.42 Å². The van der Waals surface area contributed by atoms with Crippen molar-refractivity contribution in [1.82, 2.24) is 5.32 Å². The molecule has 1 heterocycles. The van der Waals surface area contributed by atoms with Gasteiger partial charge in [0.25, 0.3) is 10.0 Å². The molecule has 0 amide bonds. The lowest BCUT2D eigenvalue weighted by Crippen LogP contribution is -2.14. The summed E-state index contributed by atoms with van der Waals surface area (Å²) in [5, 5.41) is 3.74. The van der Waals surface area contributed by atoms with Crippen molar-refractivity contribution in [1.29, 1.82) is 0 Å². The molecule has 0 bridgehead atoms. The molecule has 110 valence electrons. The highest BCUT2D eigenvalue weighted by molar-refractivity contribution is 7.92. The average Bonchev–Trinajstić information content (AvgIpc) is 2.91. The zero-order valence-electron chi connectivity index (χ0n) is 11.5. The van der Waals surface area contributed by atoms with Crippen molar-refractivity contribution in [2.75, 3.05) is 4.72 Å². The van der Waals surface area contributed by atoms with E-state index in [4.69, 9.17) is 11.6 Å². The maximum Gasteiger partial charge on any atom is 0.261 e. The van der Waals surface area contributed by atoms with Gasteiger partial charge >= 0.3 is 0 Å². The number of rotatable bonds is 3. The number of nitrogens with one attached hydrogen (secondary N) is 2. The van der Waals surface area contributed by atoms with Crippen LogP contribution >= 0.6 is 11.6 Å². The minimum absolute atomic E-state index is 0.268. The van der Waals surface area contributed by atoms with Gasteiger partial charge in [-0.1, -0.05) is 23.7 Å². The first-order chi connectivity index (χ1) is 9.97. The number of halogens is 1. The van der Waals surface area contributed by atoms with Gasteiger partial charge in [-0.05, 0) is 47.9 Å². The molecule has 0 atom stereocenters. The molecule has 2 aromatic carbocycles. The SMILES string of the molecule is Cc1c(Cl)cccc1NS(=O)(=O)c1ccc2c(c1)CNC2. The topological polar surface area (TPSA) is 58.2 Å². The molecule has 0 saturated carbocycles. The van der Waals surface area contributed by atoms with E-state index in [2.05, 4.69) is 10.0 Å². The molecule has 1 aliphatic rings. The van der Waals surface area contributed by atoms with E-state index in [9.17, 15) is 8.42 Å². The minimum Gasteiger partial charge on any atom is -0.309 e. The smallest absolute Gasteiger partial charge is 0.261 e. The van der Waals surface area contributed by atoms with Crippen LogP contribution in [0.3, 0.4) is 0 Å². The first-order valence-corrected chi connectivity index (χ1v) is 8.44. The summed E-state index contributed by atoms with van der Waals surface area (Å²) in [4.78, 5) is 0.268. The van der Waals surface area contributed by atoms with E-state index in [0.29, 0.717) is 22.8 Å². The highest BCUT2D eigenvalue weighted by atomic mass is 35.5. The zero-order valence-corrected chi connectivity index (χ0v) is 13.1. The van der Waals surface area contributed by atoms with Crippen LogP contribution in [0.5, 0.6) is 0 Å². The average molecular weight is 323 g/mol. The third-order valence-corrected chi connectivity index (χ3v) is 5.40. The van der Waals surface area contributed by atoms with Crippen molar-refractivity contribution in [2.45, 2.75) is 24.9 Å². The van der Waals surface area contributed by atoms with Gasteiger partial charge in [-0.3, -0.25) is 4.72 Å². The fraction of sp³-hybridized carbons (Fsp3) is 0.200. The second-order valence-electron chi connectivity index (χ2n) is 5.05. The molecule has 0 unspecified atom stereocenters. The fourth-order valence-electron chi connectivity index (χ4n) is 2.36. The van der Waals surface area contributed by atoms with Gasteiger partial charge in [0.2, 0.25) is 0 Å². The summed E-state index contributed by atoms with van der Waals surface area (Å²) in [5.41, 5.74) is 3.39. The molecule has 0 aromatic heterocycles. The molecule has 4 nitrogen and oxygen atoms in total. The summed E-state index contributed by atoms with van der Waals surface area (Å²) in [7, 11) is -3.61. The number of sulfonamides is 1. The molecule has 1 aliphatic heterocycles. The third-order valence-electron chi connectivity index (χ3n) is 3.63. The third kappa shape index (κ3) is 2.77. The molecule has 0 aliphatic carbocycles. The van der Waals surface area contributed by atoms with Crippen LogP contribution in [0.2, 0.25) is 5.02 Å². The Morgan fingerprint density at radius 2 is 1.90 bits per heavy atom. The van der Waals surface area contributed by atoms with Gasteiger partial charge in [-0.2, -0.15) is 0 Å². The summed E-state index contributed by atoms with van der Waals surface area (Å²) in [5.74, 6) is 0. The fourth-order valence-corrected chi connectivity index (χ4v) is 3.71. The van der Waals surface area contributed by atoms with Gasteiger partial charge in [-0.15, -0.1) is 0 Å². The maximum absolute atomic E-state index is 12.5. The monoisotopic (exact) mass is 322 g/mol. The van der Waals surface area contributed by atoms with Crippen LogP contribution in [0, 0.1) is 6.92 Å². The minimum atomic E-state index is -3.61. The summed E-state index contributed by atoms with van der Waals surface area (Å²) in [6.07, 6.45) is 0. The Kier molecular flexibility index (Phi) is 3.65. The first kappa shape index (κ1) is 14.4. The van der Waals surface area contributed by atoms with Gasteiger partial charge in [0.05, 0.1) is 10.6 Å². The summed E-state index contributed by atoms with van der Waals surface area (Å²) in [6.45, 7) is 3.28. The van der Waals surface area contributed by atoms with Gasteiger partial charge in [0.15, 0.2) is 0 Å². The highest BCUT2D eigenvalue weighted by Gasteiger charge is 2.19. The van der Waals surface area contributed by atoms with Gasteiger partial charge < -0.3 is 5.32 Å². The van der Waals surface area contributed by atoms with Crippen LogP contribution in [0.4, 0.5) is 5.69 Å². The second kappa shape index (κ2) is 5.33. The number of hydrogen-bond acceptors (Lipinski definition) is 3. The summed E-state index contributed by atoms with van der Waals surface area (Å²) in [6, 6.07) is 10.4. The Labute approximate surface area is 129 Å². The van der Waals surface area contributed by atoms with Crippen molar-refractivity contribution in [3.05, 3.63) is 58.1 Å². The lowest BCUT2D eigenvalue weighted by atomic mass is 10.1. The van der Waals surface area contributed by atoms with E-state index in [1.165, 1.54) is 0 Å². The van der Waals surface area contributed by atoms with Crippen LogP contribution < -0.4 is 10.0 Å². The Morgan fingerprint density at radius 1 is 1.14 bits per heavy atom. The first-order valence-electron chi connectivity index (χ1n) is 6.58. The molecule has 2 aromatic rings. The van der Waals surface area contributed by atoms with Crippen LogP contribution in [0.1, 0.15) is 16.7 Å². The Hall–Kier alpha value is -1.56. The molecule has 21 heavy (non-hydrogen) atoms. The van der Waals surface area contributed by atoms with Gasteiger partial charge in [0.1, 0.15) is 0 Å². The molecule has 2 N–H and O–H groups in total. The predicted molar refractivity (Wildman–Crippen MR) is 84.0 cm³/mol. The van der Waals surface area contributed by atoms with E-state index in [1.807, 2.05) is 6.07 Å². The number of fused-ring (bicyclic) bond motifs is 1. The van der Waals surface area contributed by atoms with Crippen molar-refractivity contribution in [3.8, 4) is 0 Å². The van der Waals surface area contributed by atoms with Gasteiger partial charge in [0, 0.05) is 18.1 Å². The normalized spacial score (nSPS) is 14.0. The van der Waals surface area contributed by atoms with E-state index < -0.39 is 10.0 Å². The molecule has 0 radical (unpaired) electrons. The summed E-state index contributed by atoms with van der Waals surface area (Å²) >= 11 is 6.02. The van der Waals surface area contributed by atoms with E-state index in [0.717, 1.165) is 17.7 Å². The van der Waals surface area contributed by atoms with Crippen molar-refractivity contribution >= 4 is 27.3 Å². The number of anilines is 1. The number of benzene rings is 2. The Balaban J connectivity index is 1.96. The quantitative estimate of drug-likeness (QED) is 0.913. The largest absolute Gasteiger partial charge is 0.309 e. The Morgan fingerprint density at radius 3 is 2.71 bits per heavy atom. The molecular weight excluding hydrogens is 308 g/mol. The molecular formula is C15H15ClN2O2S. The van der Waals surface area contributed by atoms with Crippen molar-refractivity contribution < 1.29 is 8.42 Å². The standard InChI is InChI=1S/C15H15ClN2O2S/c1-10-14(16)3-2-4-15(10)18-21(19,20)13-6-5-11-8-17-9-12(11)7-13/h2-7,17-18H,8-9H2,1H3. The van der Waals surface area contributed by atoms with Crippen molar-refractivity contribution in [3.63, 3.8) is 0 Å². The highest BCUT2D eigenvalue weighted by Crippen LogP contribution is 2.26. The maximum atomic E-state index is 12.5. The molecule has 0 spiro atoms. The molecule has 3 rings (SSSR count). The summed E-state index contributed by atoms with van der Waals surface area (Å²) < 4.78 is 27.6. The second-order valence-corrected chi connectivity index (χ2v) is 7.14. The lowest BCUT2D eigenvalue weighted by molar-refractivity contribution is 0.601. The van der Waals surface area contributed by atoms with Crippen LogP contribution in [0.15, 0.2) is 41.3 Å². The molecule has 6 heteroatoms. The van der Waals surface area contributed by atoms with E-state index in [1.54, 1.807) is 37.3 Å².